The van der Waals surface area contributed by atoms with Gasteiger partial charge >= 0.3 is 11.9 Å². The van der Waals surface area contributed by atoms with Crippen LogP contribution in [-0.2, 0) is 25.7 Å². The zero-order valence-corrected chi connectivity index (χ0v) is 23.7. The van der Waals surface area contributed by atoms with Crippen LogP contribution in [0.15, 0.2) is 77.9 Å². The second-order valence-electron chi connectivity index (χ2n) is 9.88. The van der Waals surface area contributed by atoms with Gasteiger partial charge in [0, 0.05) is 75.6 Å². The van der Waals surface area contributed by atoms with E-state index in [9.17, 15) is 4.79 Å². The summed E-state index contributed by atoms with van der Waals surface area (Å²) in [6.45, 7) is 2.93. The summed E-state index contributed by atoms with van der Waals surface area (Å²) in [5.41, 5.74) is 5.95. The van der Waals surface area contributed by atoms with E-state index < -0.39 is 0 Å². The number of carbonyl (C=O) groups excluding carboxylic acids is 1. The third-order valence-electron chi connectivity index (χ3n) is 6.59. The van der Waals surface area contributed by atoms with E-state index in [1.807, 2.05) is 83.5 Å². The lowest BCUT2D eigenvalue weighted by atomic mass is 10.1. The summed E-state index contributed by atoms with van der Waals surface area (Å²) >= 11 is 5.48. The van der Waals surface area contributed by atoms with Crippen LogP contribution in [0.2, 0.25) is 0 Å². The number of nitrogens with one attached hydrogen (secondary N) is 2. The summed E-state index contributed by atoms with van der Waals surface area (Å²) in [5.74, 6) is 0.988. The Labute approximate surface area is 230 Å². The Kier molecular flexibility index (Phi) is 8.29. The highest BCUT2D eigenvalue weighted by molar-refractivity contribution is 7.76. The van der Waals surface area contributed by atoms with Gasteiger partial charge in [0.05, 0.1) is 6.92 Å². The fourth-order valence-corrected chi connectivity index (χ4v) is 4.76. The van der Waals surface area contributed by atoms with Crippen molar-refractivity contribution in [2.45, 2.75) is 20.0 Å². The van der Waals surface area contributed by atoms with Gasteiger partial charge in [-0.25, -0.2) is 4.79 Å². The molecule has 0 aromatic heterocycles. The minimum absolute atomic E-state index is 0.172. The number of nitrogens with zero attached hydrogens (tertiary/aromatic N) is 5. The molecule has 198 valence electrons. The van der Waals surface area contributed by atoms with E-state index in [-0.39, 0.29) is 6.03 Å². The molecular formula is C29H36N7OS+. The molecule has 0 spiro atoms. The van der Waals surface area contributed by atoms with Gasteiger partial charge in [0.1, 0.15) is 5.69 Å². The van der Waals surface area contributed by atoms with E-state index in [0.29, 0.717) is 23.9 Å². The molecule has 9 heteroatoms. The Balaban J connectivity index is 1.60. The van der Waals surface area contributed by atoms with Crippen LogP contribution in [0, 0.1) is 0 Å². The third kappa shape index (κ3) is 6.30. The van der Waals surface area contributed by atoms with E-state index in [0.717, 1.165) is 38.9 Å². The lowest BCUT2D eigenvalue weighted by Crippen LogP contribution is -3.11. The molecule has 0 saturated carbocycles. The molecule has 0 bridgehead atoms. The van der Waals surface area contributed by atoms with E-state index in [1.165, 1.54) is 0 Å². The predicted octanol–water partition coefficient (Wildman–Crippen LogP) is 3.46. The van der Waals surface area contributed by atoms with Gasteiger partial charge in [0.2, 0.25) is 0 Å². The summed E-state index contributed by atoms with van der Waals surface area (Å²) in [5, 5.41) is 8.04. The van der Waals surface area contributed by atoms with E-state index in [1.54, 1.807) is 4.68 Å². The first-order chi connectivity index (χ1) is 18.1. The second kappa shape index (κ2) is 11.6. The minimum Gasteiger partial charge on any atom is -0.693 e. The maximum Gasteiger partial charge on any atom is 0.373 e. The molecular weight excluding hydrogens is 494 g/mol. The third-order valence-corrected chi connectivity index (χ3v) is 6.88. The normalized spacial score (nSPS) is 14.8. The van der Waals surface area contributed by atoms with Gasteiger partial charge in [0.15, 0.2) is 12.2 Å². The van der Waals surface area contributed by atoms with Crippen molar-refractivity contribution in [3.05, 3.63) is 83.9 Å². The maximum absolute atomic E-state index is 13.7. The number of amides is 2. The molecule has 0 saturated heterocycles. The standard InChI is InChI=1S/C29H35N7OS/c1-21-34(6)31-29(38)36(21)27-15-9-12-24(18-27)30-28(37)35(19-22-10-7-13-25(16-22)32(2)3)20-23-11-8-14-26(17-23)33(4)5/h7-18H,19-20H2,1-6H3,(H-,30,31,37,38)/p+1. The first kappa shape index (κ1) is 27.1. The topological polar surface area (TPSA) is 58.6 Å². The average molecular weight is 531 g/mol. The summed E-state index contributed by atoms with van der Waals surface area (Å²) in [6.07, 6.45) is 0. The van der Waals surface area contributed by atoms with Crippen LogP contribution in [0.1, 0.15) is 18.1 Å². The molecule has 38 heavy (non-hydrogen) atoms. The number of urea groups is 1. The maximum atomic E-state index is 13.7. The summed E-state index contributed by atoms with van der Waals surface area (Å²) in [6, 6.07) is 24.1. The molecule has 8 nitrogen and oxygen atoms in total. The highest BCUT2D eigenvalue weighted by Gasteiger charge is 2.31. The Hall–Kier alpha value is -3.95. The average Bonchev–Trinajstić information content (AvgIpc) is 3.14. The van der Waals surface area contributed by atoms with Gasteiger partial charge in [-0.3, -0.25) is 0 Å². The van der Waals surface area contributed by atoms with Crippen molar-refractivity contribution < 1.29 is 14.4 Å². The monoisotopic (exact) mass is 530 g/mol. The van der Waals surface area contributed by atoms with Crippen molar-refractivity contribution in [2.24, 2.45) is 5.10 Å². The quantitative estimate of drug-likeness (QED) is 0.346. The van der Waals surface area contributed by atoms with Crippen LogP contribution < -0.4 is 20.0 Å². The number of quaternary nitrogens is 1. The van der Waals surface area contributed by atoms with Crippen molar-refractivity contribution in [1.82, 2.24) is 4.90 Å². The molecule has 2 N–H and O–H groups in total. The number of amidine groups is 2. The van der Waals surface area contributed by atoms with Crippen LogP contribution in [0.25, 0.3) is 0 Å². The van der Waals surface area contributed by atoms with Crippen molar-refractivity contribution in [3.63, 3.8) is 0 Å². The molecule has 1 unspecified atom stereocenters. The van der Waals surface area contributed by atoms with Crippen molar-refractivity contribution in [3.8, 4) is 0 Å². The van der Waals surface area contributed by atoms with Crippen LogP contribution in [0.5, 0.6) is 0 Å². The number of hydrogen-bond acceptors (Lipinski definition) is 5. The Morgan fingerprint density at radius 3 is 1.95 bits per heavy atom. The SMILES string of the molecule is CC1=[N+](C)N=C([S-])[NH+]1c1cccc(NC(=O)N(Cc2cccc(N(C)C)c2)Cc2cccc(N(C)C)c2)c1. The van der Waals surface area contributed by atoms with Gasteiger partial charge in [-0.15, -0.1) is 0 Å². The zero-order valence-electron chi connectivity index (χ0n) is 22.9. The number of rotatable bonds is 8. The number of anilines is 3. The van der Waals surface area contributed by atoms with E-state index in [2.05, 4.69) is 56.6 Å². The van der Waals surface area contributed by atoms with E-state index in [4.69, 9.17) is 12.6 Å². The van der Waals surface area contributed by atoms with Gasteiger partial charge in [-0.05, 0) is 46.1 Å². The Morgan fingerprint density at radius 2 is 1.45 bits per heavy atom. The first-order valence-corrected chi connectivity index (χ1v) is 12.9. The highest BCUT2D eigenvalue weighted by Crippen LogP contribution is 2.20. The molecule has 4 rings (SSSR count). The van der Waals surface area contributed by atoms with Gasteiger partial charge < -0.3 is 32.6 Å². The molecule has 0 radical (unpaired) electrons. The Morgan fingerprint density at radius 1 is 0.895 bits per heavy atom. The predicted molar refractivity (Wildman–Crippen MR) is 159 cm³/mol. The molecule has 3 aromatic rings. The van der Waals surface area contributed by atoms with Crippen LogP contribution >= 0.6 is 0 Å². The number of carbonyl (C=O) groups is 1. The molecule has 0 fully saturated rings. The summed E-state index contributed by atoms with van der Waals surface area (Å²) < 4.78 is 1.79. The van der Waals surface area contributed by atoms with Gasteiger partial charge in [-0.2, -0.15) is 4.90 Å². The number of hydrazone groups is 1. The fraction of sp³-hybridized carbons (Fsp3) is 0.276. The van der Waals surface area contributed by atoms with Crippen molar-refractivity contribution in [2.75, 3.05) is 50.4 Å². The first-order valence-electron chi connectivity index (χ1n) is 12.5. The lowest BCUT2D eigenvalue weighted by Gasteiger charge is -2.25. The molecule has 1 aliphatic rings. The zero-order chi connectivity index (χ0) is 27.4. The Bertz CT molecular complexity index is 1330. The van der Waals surface area contributed by atoms with Crippen molar-refractivity contribution in [1.29, 1.82) is 0 Å². The van der Waals surface area contributed by atoms with Crippen LogP contribution in [-0.4, -0.2) is 61.9 Å². The molecule has 1 aliphatic heterocycles. The second-order valence-corrected chi connectivity index (χ2v) is 10.3. The van der Waals surface area contributed by atoms with Gasteiger partial charge in [0.25, 0.3) is 0 Å². The summed E-state index contributed by atoms with van der Waals surface area (Å²) in [4.78, 5) is 20.6. The number of hydrogen-bond donors (Lipinski definition) is 2. The summed E-state index contributed by atoms with van der Waals surface area (Å²) in [7, 11) is 9.95. The van der Waals surface area contributed by atoms with Crippen LogP contribution in [0.4, 0.5) is 27.5 Å². The van der Waals surface area contributed by atoms with Gasteiger partial charge in [-0.1, -0.05) is 30.3 Å². The van der Waals surface area contributed by atoms with Crippen LogP contribution in [0.3, 0.4) is 0 Å². The minimum atomic E-state index is -0.172. The highest BCUT2D eigenvalue weighted by atomic mass is 32.1. The molecule has 1 atom stereocenters. The number of benzene rings is 3. The molecule has 2 amide bonds. The largest absolute Gasteiger partial charge is 0.693 e. The fourth-order valence-electron chi connectivity index (χ4n) is 4.37. The smallest absolute Gasteiger partial charge is 0.373 e. The van der Waals surface area contributed by atoms with E-state index >= 15 is 0 Å². The lowest BCUT2D eigenvalue weighted by molar-refractivity contribution is -0.646. The molecule has 1 heterocycles. The van der Waals surface area contributed by atoms with Crippen molar-refractivity contribution >= 4 is 52.4 Å². The molecule has 0 aliphatic carbocycles. The molecule has 3 aromatic carbocycles.